The molecule has 2 aromatic rings. The Kier molecular flexibility index (Phi) is 4.27. The second-order valence-corrected chi connectivity index (χ2v) is 6.87. The molecule has 1 N–H and O–H groups in total. The molecular formula is C20H21FN3O4+. The van der Waals surface area contributed by atoms with Crippen molar-refractivity contribution >= 4 is 11.4 Å². The summed E-state index contributed by atoms with van der Waals surface area (Å²) in [5, 5.41) is 10.8. The zero-order chi connectivity index (χ0) is 19.1. The Hall–Kier alpha value is -2.87. The Balaban J connectivity index is 1.62. The Morgan fingerprint density at radius 2 is 1.96 bits per heavy atom. The SMILES string of the molecule is OCCN1CCOc2cc3c(cc21)Oc1cc2c(cc1=N3)OCC[N+]=2CCF. The van der Waals surface area contributed by atoms with Gasteiger partial charge in [0.15, 0.2) is 30.3 Å². The molecule has 0 atom stereocenters. The van der Waals surface area contributed by atoms with Crippen LogP contribution in [0.1, 0.15) is 0 Å². The van der Waals surface area contributed by atoms with Gasteiger partial charge in [0.1, 0.15) is 36.7 Å². The zero-order valence-electron chi connectivity index (χ0n) is 15.4. The van der Waals surface area contributed by atoms with Crippen molar-refractivity contribution in [2.45, 2.75) is 0 Å². The minimum Gasteiger partial charge on any atom is -0.489 e. The number of halogens is 1. The largest absolute Gasteiger partial charge is 0.489 e. The van der Waals surface area contributed by atoms with E-state index >= 15 is 0 Å². The number of fused-ring (bicyclic) bond motifs is 4. The highest BCUT2D eigenvalue weighted by Crippen LogP contribution is 2.44. The number of aliphatic hydroxyl groups is 1. The van der Waals surface area contributed by atoms with E-state index in [9.17, 15) is 9.50 Å². The predicted molar refractivity (Wildman–Crippen MR) is 101 cm³/mol. The van der Waals surface area contributed by atoms with E-state index in [4.69, 9.17) is 19.2 Å². The van der Waals surface area contributed by atoms with Crippen LogP contribution < -0.4 is 34.4 Å². The first-order chi connectivity index (χ1) is 13.8. The zero-order valence-corrected chi connectivity index (χ0v) is 15.4. The van der Waals surface area contributed by atoms with E-state index in [1.54, 1.807) is 0 Å². The predicted octanol–water partition coefficient (Wildman–Crippen LogP) is 0.788. The molecule has 3 aliphatic rings. The lowest BCUT2D eigenvalue weighted by molar-refractivity contribution is 0.264. The van der Waals surface area contributed by atoms with Gasteiger partial charge in [0.25, 0.3) is 0 Å². The van der Waals surface area contributed by atoms with Gasteiger partial charge < -0.3 is 24.2 Å². The molecule has 0 spiro atoms. The second-order valence-electron chi connectivity index (χ2n) is 6.87. The number of benzene rings is 2. The van der Waals surface area contributed by atoms with Crippen LogP contribution in [0.4, 0.5) is 15.8 Å². The minimum atomic E-state index is -0.419. The van der Waals surface area contributed by atoms with Crippen LogP contribution in [-0.4, -0.2) is 57.8 Å². The summed E-state index contributed by atoms with van der Waals surface area (Å²) in [5.41, 5.74) is 1.58. The Labute approximate surface area is 160 Å². The molecule has 0 fully saturated rings. The molecule has 0 aliphatic carbocycles. The quantitative estimate of drug-likeness (QED) is 0.672. The molecule has 3 aliphatic heterocycles. The topological polar surface area (TPSA) is 66.5 Å². The molecule has 0 bridgehead atoms. The molecule has 0 radical (unpaired) electrons. The third-order valence-corrected chi connectivity index (χ3v) is 5.19. The van der Waals surface area contributed by atoms with Crippen LogP contribution in [0.5, 0.6) is 23.0 Å². The van der Waals surface area contributed by atoms with Crippen LogP contribution in [0.2, 0.25) is 0 Å². The maximum Gasteiger partial charge on any atom is 0.246 e. The summed E-state index contributed by atoms with van der Waals surface area (Å²) in [6.45, 7) is 2.95. The number of aliphatic hydroxyl groups excluding tert-OH is 1. The number of hydrogen-bond acceptors (Lipinski definition) is 6. The van der Waals surface area contributed by atoms with Crippen LogP contribution in [0.15, 0.2) is 29.3 Å². The first-order valence-electron chi connectivity index (χ1n) is 9.45. The number of hydrogen-bond donors (Lipinski definition) is 1. The molecule has 8 heteroatoms. The molecule has 7 nitrogen and oxygen atoms in total. The van der Waals surface area contributed by atoms with Gasteiger partial charge in [-0.15, -0.1) is 0 Å². The Bertz CT molecular complexity index is 1060. The van der Waals surface area contributed by atoms with Crippen molar-refractivity contribution in [3.8, 4) is 23.0 Å². The summed E-state index contributed by atoms with van der Waals surface area (Å²) in [6.07, 6.45) is 0. The number of ether oxygens (including phenoxy) is 3. The summed E-state index contributed by atoms with van der Waals surface area (Å²) < 4.78 is 32.5. The number of alkyl halides is 1. The fourth-order valence-electron chi connectivity index (χ4n) is 3.85. The van der Waals surface area contributed by atoms with Gasteiger partial charge in [-0.3, -0.25) is 0 Å². The lowest BCUT2D eigenvalue weighted by atomic mass is 10.1. The Morgan fingerprint density at radius 3 is 2.82 bits per heavy atom. The molecule has 5 rings (SSSR count). The van der Waals surface area contributed by atoms with E-state index in [-0.39, 0.29) is 6.61 Å². The third kappa shape index (κ3) is 2.84. The average Bonchev–Trinajstić information content (AvgIpc) is 2.70. The number of β-amino-alcohol motifs (C(OH)–C–C–N with tert-alkyl or cyclic N) is 1. The van der Waals surface area contributed by atoms with Crippen LogP contribution >= 0.6 is 0 Å². The van der Waals surface area contributed by atoms with Crippen molar-refractivity contribution in [2.24, 2.45) is 4.99 Å². The van der Waals surface area contributed by atoms with Gasteiger partial charge in [0, 0.05) is 24.7 Å². The van der Waals surface area contributed by atoms with Gasteiger partial charge in [-0.05, 0) is 0 Å². The first kappa shape index (κ1) is 17.2. The van der Waals surface area contributed by atoms with E-state index < -0.39 is 6.67 Å². The maximum absolute atomic E-state index is 12.9. The highest BCUT2D eigenvalue weighted by Gasteiger charge is 2.25. The average molecular weight is 386 g/mol. The highest BCUT2D eigenvalue weighted by atomic mass is 19.1. The van der Waals surface area contributed by atoms with Gasteiger partial charge in [-0.25, -0.2) is 14.0 Å². The molecule has 0 unspecified atom stereocenters. The van der Waals surface area contributed by atoms with Crippen LogP contribution in [-0.2, 0) is 0 Å². The lowest BCUT2D eigenvalue weighted by Crippen LogP contribution is -2.41. The second kappa shape index (κ2) is 6.94. The number of nitrogens with zero attached hydrogens (tertiary/aromatic N) is 3. The monoisotopic (exact) mass is 386 g/mol. The van der Waals surface area contributed by atoms with Crippen molar-refractivity contribution in [3.63, 3.8) is 0 Å². The normalized spacial score (nSPS) is 16.5. The van der Waals surface area contributed by atoms with Crippen LogP contribution in [0.25, 0.3) is 0 Å². The summed E-state index contributed by atoms with van der Waals surface area (Å²) in [4.78, 5) is 6.79. The minimum absolute atomic E-state index is 0.0706. The summed E-state index contributed by atoms with van der Waals surface area (Å²) in [7, 11) is 0. The number of rotatable bonds is 4. The van der Waals surface area contributed by atoms with Gasteiger partial charge in [-0.1, -0.05) is 0 Å². The standard InChI is InChI=1S/C20H21FN3O4/c21-1-2-23-4-7-26-19-9-13-17(11-15(19)23)28-18-12-16-20(10-14(18)22-13)27-8-5-24(16)3-6-25/h9-12,25H,1-8H2/q+1. The van der Waals surface area contributed by atoms with Crippen molar-refractivity contribution in [3.05, 3.63) is 35.0 Å². The Morgan fingerprint density at radius 1 is 1.07 bits per heavy atom. The summed E-state index contributed by atoms with van der Waals surface area (Å²) in [6, 6.07) is 7.48. The van der Waals surface area contributed by atoms with Crippen LogP contribution in [0, 0.1) is 0 Å². The number of anilines is 1. The fourth-order valence-corrected chi connectivity index (χ4v) is 3.85. The lowest BCUT2D eigenvalue weighted by Gasteiger charge is -2.31. The molecule has 2 aromatic carbocycles. The van der Waals surface area contributed by atoms with Crippen molar-refractivity contribution in [1.82, 2.24) is 4.58 Å². The molecule has 3 heterocycles. The fraction of sp³-hybridized carbons (Fsp3) is 0.400. The molecule has 0 saturated carbocycles. The molecule has 28 heavy (non-hydrogen) atoms. The van der Waals surface area contributed by atoms with E-state index in [1.807, 2.05) is 28.8 Å². The summed E-state index contributed by atoms with van der Waals surface area (Å²) in [5.74, 6) is 2.68. The molecule has 0 amide bonds. The molecule has 0 saturated heterocycles. The highest BCUT2D eigenvalue weighted by molar-refractivity contribution is 5.72. The third-order valence-electron chi connectivity index (χ3n) is 5.19. The molecule has 0 aromatic heterocycles. The van der Waals surface area contributed by atoms with Crippen molar-refractivity contribution < 1.29 is 23.7 Å². The van der Waals surface area contributed by atoms with Gasteiger partial charge >= 0.3 is 0 Å². The maximum atomic E-state index is 12.9. The molecular weight excluding hydrogens is 365 g/mol. The van der Waals surface area contributed by atoms with Gasteiger partial charge in [0.05, 0.1) is 24.9 Å². The van der Waals surface area contributed by atoms with Gasteiger partial charge in [-0.2, -0.15) is 0 Å². The van der Waals surface area contributed by atoms with Gasteiger partial charge in [0.2, 0.25) is 5.36 Å². The van der Waals surface area contributed by atoms with E-state index in [1.165, 1.54) is 0 Å². The molecule has 146 valence electrons. The van der Waals surface area contributed by atoms with E-state index in [0.29, 0.717) is 67.7 Å². The summed E-state index contributed by atoms with van der Waals surface area (Å²) >= 11 is 0. The van der Waals surface area contributed by atoms with E-state index in [2.05, 4.69) is 4.90 Å². The first-order valence-corrected chi connectivity index (χ1v) is 9.45. The van der Waals surface area contributed by atoms with Crippen LogP contribution in [0.3, 0.4) is 0 Å². The van der Waals surface area contributed by atoms with Crippen molar-refractivity contribution in [2.75, 3.05) is 57.6 Å². The van der Waals surface area contributed by atoms with E-state index in [0.717, 1.165) is 16.8 Å². The smallest absolute Gasteiger partial charge is 0.246 e. The van der Waals surface area contributed by atoms with Crippen molar-refractivity contribution in [1.29, 1.82) is 0 Å².